The molecule has 0 saturated heterocycles. The maximum absolute atomic E-state index is 8.82. The van der Waals surface area contributed by atoms with Gasteiger partial charge in [0.2, 0.25) is 0 Å². The fourth-order valence-corrected chi connectivity index (χ4v) is 2.47. The lowest BCUT2D eigenvalue weighted by Gasteiger charge is -2.24. The lowest BCUT2D eigenvalue weighted by Crippen LogP contribution is -2.25. The monoisotopic (exact) mass is 330 g/mol. The molecule has 0 aliphatic heterocycles. The number of hydrogen-bond donors (Lipinski definition) is 0. The number of anilines is 1. The summed E-state index contributed by atoms with van der Waals surface area (Å²) in [5.41, 5.74) is 2.19. The summed E-state index contributed by atoms with van der Waals surface area (Å²) in [5.74, 6) is 0.910. The molecular formula is C15H15BrN4. The average molecular weight is 331 g/mol. The van der Waals surface area contributed by atoms with Gasteiger partial charge in [0.25, 0.3) is 0 Å². The van der Waals surface area contributed by atoms with Crippen LogP contribution >= 0.6 is 15.9 Å². The third kappa shape index (κ3) is 3.78. The first-order valence-corrected chi connectivity index (χ1v) is 7.13. The van der Waals surface area contributed by atoms with E-state index >= 15 is 0 Å². The zero-order valence-corrected chi connectivity index (χ0v) is 12.8. The Balaban J connectivity index is 2.25. The first-order valence-electron chi connectivity index (χ1n) is 6.33. The molecule has 0 aliphatic rings. The Morgan fingerprint density at radius 1 is 1.40 bits per heavy atom. The van der Waals surface area contributed by atoms with Gasteiger partial charge in [-0.3, -0.25) is 4.98 Å². The maximum atomic E-state index is 8.82. The molecule has 0 bridgehead atoms. The molecule has 0 N–H and O–H groups in total. The van der Waals surface area contributed by atoms with Gasteiger partial charge in [-0.05, 0) is 46.1 Å². The van der Waals surface area contributed by atoms with Crippen molar-refractivity contribution in [2.45, 2.75) is 19.9 Å². The maximum Gasteiger partial charge on any atom is 0.131 e. The number of hydrogen-bond acceptors (Lipinski definition) is 4. The van der Waals surface area contributed by atoms with Crippen LogP contribution in [0.5, 0.6) is 0 Å². The van der Waals surface area contributed by atoms with E-state index in [-0.39, 0.29) is 0 Å². The zero-order chi connectivity index (χ0) is 14.4. The molecular weight excluding hydrogens is 316 g/mol. The van der Waals surface area contributed by atoms with Gasteiger partial charge in [-0.15, -0.1) is 0 Å². The number of aryl methyl sites for hydroxylation is 1. The van der Waals surface area contributed by atoms with Gasteiger partial charge >= 0.3 is 0 Å². The Hall–Kier alpha value is -1.93. The van der Waals surface area contributed by atoms with Crippen molar-refractivity contribution < 1.29 is 0 Å². The van der Waals surface area contributed by atoms with E-state index in [1.54, 1.807) is 12.4 Å². The van der Waals surface area contributed by atoms with Gasteiger partial charge in [0.05, 0.1) is 12.5 Å². The second kappa shape index (κ2) is 7.01. The molecule has 0 radical (unpaired) electrons. The van der Waals surface area contributed by atoms with Crippen LogP contribution in [0, 0.1) is 18.3 Å². The quantitative estimate of drug-likeness (QED) is 0.842. The van der Waals surface area contributed by atoms with Crippen molar-refractivity contribution in [2.24, 2.45) is 0 Å². The van der Waals surface area contributed by atoms with Gasteiger partial charge in [0, 0.05) is 36.2 Å². The normalized spacial score (nSPS) is 10.1. The van der Waals surface area contributed by atoms with Gasteiger partial charge in [0.1, 0.15) is 5.82 Å². The highest BCUT2D eigenvalue weighted by Crippen LogP contribution is 2.22. The molecule has 102 valence electrons. The average Bonchev–Trinajstić information content (AvgIpc) is 2.45. The van der Waals surface area contributed by atoms with Crippen LogP contribution in [0.25, 0.3) is 0 Å². The molecule has 0 spiro atoms. The first kappa shape index (κ1) is 14.5. The van der Waals surface area contributed by atoms with Gasteiger partial charge < -0.3 is 4.90 Å². The summed E-state index contributed by atoms with van der Waals surface area (Å²) in [5, 5.41) is 8.82. The SMILES string of the molecule is Cc1cc(Br)cnc1N(CCC#N)Cc1cccnc1. The molecule has 0 aliphatic carbocycles. The summed E-state index contributed by atoms with van der Waals surface area (Å²) >= 11 is 3.42. The second-order valence-corrected chi connectivity index (χ2v) is 5.40. The summed E-state index contributed by atoms with van der Waals surface area (Å²) in [7, 11) is 0. The molecule has 0 amide bonds. The lowest BCUT2D eigenvalue weighted by atomic mass is 10.2. The third-order valence-electron chi connectivity index (χ3n) is 2.91. The van der Waals surface area contributed by atoms with Crippen LogP contribution in [0.3, 0.4) is 0 Å². The summed E-state index contributed by atoms with van der Waals surface area (Å²) in [4.78, 5) is 10.7. The highest BCUT2D eigenvalue weighted by atomic mass is 79.9. The standard InChI is InChI=1S/C15H15BrN4/c1-12-8-14(16)10-19-15(12)20(7-3-5-17)11-13-4-2-6-18-9-13/h2,4,6,8-10H,3,7,11H2,1H3. The minimum Gasteiger partial charge on any atom is -0.351 e. The van der Waals surface area contributed by atoms with Crippen molar-refractivity contribution in [1.29, 1.82) is 5.26 Å². The van der Waals surface area contributed by atoms with E-state index in [1.807, 2.05) is 31.3 Å². The zero-order valence-electron chi connectivity index (χ0n) is 11.3. The van der Waals surface area contributed by atoms with Gasteiger partial charge in [-0.1, -0.05) is 6.07 Å². The van der Waals surface area contributed by atoms with Crippen LogP contribution in [0.1, 0.15) is 17.5 Å². The number of nitriles is 1. The number of nitrogens with zero attached hydrogens (tertiary/aromatic N) is 4. The molecule has 0 fully saturated rings. The minimum absolute atomic E-state index is 0.470. The number of pyridine rings is 2. The van der Waals surface area contributed by atoms with Crippen LogP contribution in [0.2, 0.25) is 0 Å². The summed E-state index contributed by atoms with van der Waals surface area (Å²) in [6, 6.07) is 8.17. The Morgan fingerprint density at radius 3 is 2.90 bits per heavy atom. The molecule has 2 aromatic heterocycles. The summed E-state index contributed by atoms with van der Waals surface area (Å²) in [6.07, 6.45) is 5.85. The molecule has 2 aromatic rings. The highest BCUT2D eigenvalue weighted by molar-refractivity contribution is 9.10. The smallest absolute Gasteiger partial charge is 0.131 e. The van der Waals surface area contributed by atoms with Crippen molar-refractivity contribution in [1.82, 2.24) is 9.97 Å². The topological polar surface area (TPSA) is 52.8 Å². The first-order chi connectivity index (χ1) is 9.70. The fraction of sp³-hybridized carbons (Fsp3) is 0.267. The highest BCUT2D eigenvalue weighted by Gasteiger charge is 2.11. The van der Waals surface area contributed by atoms with E-state index in [2.05, 4.69) is 36.9 Å². The third-order valence-corrected chi connectivity index (χ3v) is 3.34. The van der Waals surface area contributed by atoms with E-state index in [4.69, 9.17) is 5.26 Å². The van der Waals surface area contributed by atoms with E-state index in [0.717, 1.165) is 21.4 Å². The van der Waals surface area contributed by atoms with Crippen LogP contribution < -0.4 is 4.90 Å². The Bertz CT molecular complexity index is 607. The predicted octanol–water partition coefficient (Wildman–Crippen LogP) is 3.47. The molecule has 5 heteroatoms. The van der Waals surface area contributed by atoms with Crippen LogP contribution in [-0.4, -0.2) is 16.5 Å². The molecule has 0 saturated carbocycles. The Morgan fingerprint density at radius 2 is 2.25 bits per heavy atom. The largest absolute Gasteiger partial charge is 0.351 e. The van der Waals surface area contributed by atoms with Crippen LogP contribution in [-0.2, 0) is 6.54 Å². The minimum atomic E-state index is 0.470. The van der Waals surface area contributed by atoms with E-state index in [9.17, 15) is 0 Å². The summed E-state index contributed by atoms with van der Waals surface area (Å²) < 4.78 is 0.959. The molecule has 4 nitrogen and oxygen atoms in total. The van der Waals surface area contributed by atoms with Crippen molar-refractivity contribution in [3.63, 3.8) is 0 Å². The summed E-state index contributed by atoms with van der Waals surface area (Å²) in [6.45, 7) is 3.38. The molecule has 20 heavy (non-hydrogen) atoms. The van der Waals surface area contributed by atoms with Crippen LogP contribution in [0.15, 0.2) is 41.3 Å². The van der Waals surface area contributed by atoms with Crippen molar-refractivity contribution in [3.8, 4) is 6.07 Å². The number of rotatable bonds is 5. The lowest BCUT2D eigenvalue weighted by molar-refractivity contribution is 0.776. The van der Waals surface area contributed by atoms with E-state index < -0.39 is 0 Å². The van der Waals surface area contributed by atoms with E-state index in [1.165, 1.54) is 0 Å². The van der Waals surface area contributed by atoms with E-state index in [0.29, 0.717) is 19.5 Å². The van der Waals surface area contributed by atoms with Crippen LogP contribution in [0.4, 0.5) is 5.82 Å². The van der Waals surface area contributed by atoms with Crippen molar-refractivity contribution >= 4 is 21.7 Å². The van der Waals surface area contributed by atoms with Gasteiger partial charge in [0.15, 0.2) is 0 Å². The molecule has 0 unspecified atom stereocenters. The predicted molar refractivity (Wildman–Crippen MR) is 82.2 cm³/mol. The Kier molecular flexibility index (Phi) is 5.08. The molecule has 2 heterocycles. The van der Waals surface area contributed by atoms with Gasteiger partial charge in [-0.2, -0.15) is 5.26 Å². The van der Waals surface area contributed by atoms with Gasteiger partial charge in [-0.25, -0.2) is 4.98 Å². The Labute approximate surface area is 127 Å². The van der Waals surface area contributed by atoms with Crippen molar-refractivity contribution in [2.75, 3.05) is 11.4 Å². The molecule has 2 rings (SSSR count). The van der Waals surface area contributed by atoms with Crippen molar-refractivity contribution in [3.05, 3.63) is 52.4 Å². The number of aromatic nitrogens is 2. The fourth-order valence-electron chi connectivity index (χ4n) is 2.02. The second-order valence-electron chi connectivity index (χ2n) is 4.48. The molecule has 0 aromatic carbocycles. The number of halogens is 1. The molecule has 0 atom stereocenters.